The molecule has 1 aliphatic rings. The van der Waals surface area contributed by atoms with Crippen molar-refractivity contribution in [2.24, 2.45) is 11.7 Å². The molecule has 0 bridgehead atoms. The van der Waals surface area contributed by atoms with Gasteiger partial charge < -0.3 is 20.7 Å². The lowest BCUT2D eigenvalue weighted by Crippen LogP contribution is -2.55. The quantitative estimate of drug-likeness (QED) is 0.719. The Hall–Kier alpha value is -2.00. The number of nitrogens with zero attached hydrogens (tertiary/aromatic N) is 1. The fourth-order valence-corrected chi connectivity index (χ4v) is 3.24. The number of alkyl halides is 3. The molecule has 2 rings (SSSR count). The summed E-state index contributed by atoms with van der Waals surface area (Å²) in [6.07, 6.45) is -3.21. The van der Waals surface area contributed by atoms with Gasteiger partial charge in [0.05, 0.1) is 11.5 Å². The van der Waals surface area contributed by atoms with Gasteiger partial charge in [0.25, 0.3) is 0 Å². The lowest BCUT2D eigenvalue weighted by molar-refractivity contribution is -0.153. The number of likely N-dealkylation sites (tertiary alicyclic amines) is 1. The van der Waals surface area contributed by atoms with Gasteiger partial charge in [-0.15, -0.1) is 0 Å². The summed E-state index contributed by atoms with van der Waals surface area (Å²) in [6, 6.07) is 4.29. The molecule has 1 heterocycles. The number of nitrogens with two attached hydrogens (primary N) is 1. The maximum absolute atomic E-state index is 12.6. The molecule has 0 aliphatic carbocycles. The fourth-order valence-electron chi connectivity index (χ4n) is 3.08. The Morgan fingerprint density at radius 2 is 2.03 bits per heavy atom. The van der Waals surface area contributed by atoms with Crippen molar-refractivity contribution in [1.29, 1.82) is 0 Å². The average Bonchev–Trinajstić information content (AvgIpc) is 2.63. The Bertz CT molecular complexity index is 750. The number of carbonyl (C=O) groups excluding carboxylic acids is 2. The number of piperidine rings is 1. The molecule has 1 aromatic rings. The van der Waals surface area contributed by atoms with E-state index in [0.29, 0.717) is 24.9 Å². The molecule has 0 saturated carbocycles. The second kappa shape index (κ2) is 9.21. The third-order valence-corrected chi connectivity index (χ3v) is 4.74. The van der Waals surface area contributed by atoms with Crippen molar-refractivity contribution >= 4 is 23.4 Å². The first-order valence-corrected chi connectivity index (χ1v) is 9.58. The number of hydrogen-bond donors (Lipinski definition) is 2. The summed E-state index contributed by atoms with van der Waals surface area (Å²) in [5.74, 6) is -0.966. The van der Waals surface area contributed by atoms with Crippen molar-refractivity contribution in [1.82, 2.24) is 10.2 Å². The monoisotopic (exact) mass is 435 g/mol. The number of carbonyl (C=O) groups is 2. The maximum Gasteiger partial charge on any atom is 0.422 e. The smallest absolute Gasteiger partial charge is 0.422 e. The van der Waals surface area contributed by atoms with Crippen LogP contribution in [0.2, 0.25) is 5.02 Å². The number of amides is 2. The number of hydrogen-bond acceptors (Lipinski definition) is 4. The van der Waals surface area contributed by atoms with Crippen LogP contribution in [-0.4, -0.2) is 48.1 Å². The largest absolute Gasteiger partial charge is 0.484 e. The first-order valence-electron chi connectivity index (χ1n) is 9.21. The average molecular weight is 436 g/mol. The van der Waals surface area contributed by atoms with Gasteiger partial charge in [0.2, 0.25) is 11.8 Å². The number of benzene rings is 1. The highest BCUT2D eigenvalue weighted by atomic mass is 35.5. The molecule has 0 aromatic heterocycles. The molecule has 1 aromatic carbocycles. The van der Waals surface area contributed by atoms with Crippen LogP contribution in [0.1, 0.15) is 32.3 Å². The van der Waals surface area contributed by atoms with E-state index >= 15 is 0 Å². The molecule has 1 aliphatic heterocycles. The van der Waals surface area contributed by atoms with Crippen LogP contribution in [0.3, 0.4) is 0 Å². The second-order valence-corrected chi connectivity index (χ2v) is 8.12. The third kappa shape index (κ3) is 7.08. The van der Waals surface area contributed by atoms with E-state index in [-0.39, 0.29) is 35.7 Å². The third-order valence-electron chi connectivity index (χ3n) is 4.50. The molecular weight excluding hydrogens is 411 g/mol. The zero-order valence-electron chi connectivity index (χ0n) is 16.3. The van der Waals surface area contributed by atoms with Crippen molar-refractivity contribution in [2.45, 2.75) is 44.9 Å². The molecule has 29 heavy (non-hydrogen) atoms. The predicted octanol–water partition coefficient (Wildman–Crippen LogP) is 2.87. The van der Waals surface area contributed by atoms with Crippen LogP contribution in [0.15, 0.2) is 18.2 Å². The van der Waals surface area contributed by atoms with Gasteiger partial charge in [-0.3, -0.25) is 9.59 Å². The second-order valence-electron chi connectivity index (χ2n) is 7.69. The predicted molar refractivity (Wildman–Crippen MR) is 102 cm³/mol. The van der Waals surface area contributed by atoms with Crippen LogP contribution in [0.5, 0.6) is 5.75 Å². The molecule has 1 fully saturated rings. The van der Waals surface area contributed by atoms with E-state index in [1.807, 2.05) is 0 Å². The fraction of sp³-hybridized carbons (Fsp3) is 0.579. The summed E-state index contributed by atoms with van der Waals surface area (Å²) in [6.45, 7) is 2.54. The molecule has 0 spiro atoms. The molecular formula is C19H25ClF3N3O3. The summed E-state index contributed by atoms with van der Waals surface area (Å²) >= 11 is 5.84. The van der Waals surface area contributed by atoms with E-state index in [2.05, 4.69) is 5.32 Å². The van der Waals surface area contributed by atoms with Gasteiger partial charge in [0.15, 0.2) is 6.61 Å². The topological polar surface area (TPSA) is 84.7 Å². The first-order chi connectivity index (χ1) is 13.4. The van der Waals surface area contributed by atoms with Crippen molar-refractivity contribution in [2.75, 3.05) is 19.7 Å². The van der Waals surface area contributed by atoms with Crippen LogP contribution in [0.4, 0.5) is 13.2 Å². The van der Waals surface area contributed by atoms with Crippen molar-refractivity contribution in [3.8, 4) is 5.75 Å². The Labute approximate surface area is 172 Å². The van der Waals surface area contributed by atoms with Gasteiger partial charge in [-0.2, -0.15) is 13.2 Å². The minimum Gasteiger partial charge on any atom is -0.484 e. The van der Waals surface area contributed by atoms with Gasteiger partial charge in [-0.05, 0) is 38.8 Å². The number of nitrogens with one attached hydrogen (secondary N) is 1. The van der Waals surface area contributed by atoms with Crippen LogP contribution in [-0.2, 0) is 16.1 Å². The van der Waals surface area contributed by atoms with E-state index in [1.54, 1.807) is 18.7 Å². The highest BCUT2D eigenvalue weighted by Crippen LogP contribution is 2.26. The maximum atomic E-state index is 12.6. The highest BCUT2D eigenvalue weighted by molar-refractivity contribution is 6.30. The lowest BCUT2D eigenvalue weighted by Gasteiger charge is -2.35. The van der Waals surface area contributed by atoms with E-state index < -0.39 is 24.2 Å². The molecule has 6 nitrogen and oxygen atoms in total. The first kappa shape index (κ1) is 23.3. The Morgan fingerprint density at radius 1 is 1.34 bits per heavy atom. The Morgan fingerprint density at radius 3 is 2.66 bits per heavy atom. The van der Waals surface area contributed by atoms with Gasteiger partial charge >= 0.3 is 6.18 Å². The van der Waals surface area contributed by atoms with E-state index in [9.17, 15) is 22.8 Å². The summed E-state index contributed by atoms with van der Waals surface area (Å²) in [7, 11) is 0. The molecule has 2 amide bonds. The summed E-state index contributed by atoms with van der Waals surface area (Å²) in [5.41, 5.74) is 5.21. The zero-order valence-corrected chi connectivity index (χ0v) is 17.1. The van der Waals surface area contributed by atoms with Gasteiger partial charge in [0, 0.05) is 30.2 Å². The normalized spacial score (nSPS) is 17.8. The highest BCUT2D eigenvalue weighted by Gasteiger charge is 2.34. The Kier molecular flexibility index (Phi) is 7.40. The van der Waals surface area contributed by atoms with Crippen molar-refractivity contribution in [3.63, 3.8) is 0 Å². The van der Waals surface area contributed by atoms with Crippen molar-refractivity contribution in [3.05, 3.63) is 28.8 Å². The van der Waals surface area contributed by atoms with Crippen LogP contribution in [0.25, 0.3) is 0 Å². The number of rotatable bonds is 6. The minimum atomic E-state index is -4.49. The summed E-state index contributed by atoms with van der Waals surface area (Å²) in [5, 5.41) is 2.94. The Balaban J connectivity index is 1.99. The molecule has 1 atom stereocenters. The van der Waals surface area contributed by atoms with Crippen molar-refractivity contribution < 1.29 is 27.5 Å². The van der Waals surface area contributed by atoms with Crippen LogP contribution in [0, 0.1) is 5.92 Å². The molecule has 1 unspecified atom stereocenters. The number of halogens is 4. The summed E-state index contributed by atoms with van der Waals surface area (Å²) < 4.78 is 42.2. The SMILES string of the molecule is CC(C)(N)C(=O)N1CCCC(C(=O)NCc2ccc(Cl)cc2OCC(F)(F)F)C1. The lowest BCUT2D eigenvalue weighted by atomic mass is 9.94. The van der Waals surface area contributed by atoms with E-state index in [1.165, 1.54) is 18.2 Å². The van der Waals surface area contributed by atoms with E-state index in [0.717, 1.165) is 0 Å². The molecule has 10 heteroatoms. The molecule has 3 N–H and O–H groups in total. The van der Waals surface area contributed by atoms with Crippen LogP contribution >= 0.6 is 11.6 Å². The molecule has 0 radical (unpaired) electrons. The number of ether oxygens (including phenoxy) is 1. The zero-order chi connectivity index (χ0) is 21.8. The van der Waals surface area contributed by atoms with Gasteiger partial charge in [0.1, 0.15) is 5.75 Å². The van der Waals surface area contributed by atoms with Gasteiger partial charge in [-0.25, -0.2) is 0 Å². The minimum absolute atomic E-state index is 0.0178. The molecule has 1 saturated heterocycles. The van der Waals surface area contributed by atoms with E-state index in [4.69, 9.17) is 22.1 Å². The van der Waals surface area contributed by atoms with Crippen LogP contribution < -0.4 is 15.8 Å². The molecule has 162 valence electrons. The van der Waals surface area contributed by atoms with Gasteiger partial charge in [-0.1, -0.05) is 17.7 Å². The standard InChI is InChI=1S/C19H25ClF3N3O3/c1-18(2,24)17(28)26-7-3-4-13(10-26)16(27)25-9-12-5-6-14(20)8-15(12)29-11-19(21,22)23/h5-6,8,13H,3-4,7,9-11,24H2,1-2H3,(H,25,27). The summed E-state index contributed by atoms with van der Waals surface area (Å²) in [4.78, 5) is 26.5.